The van der Waals surface area contributed by atoms with Crippen molar-refractivity contribution in [3.63, 3.8) is 0 Å². The van der Waals surface area contributed by atoms with Gasteiger partial charge in [0.15, 0.2) is 0 Å². The zero-order chi connectivity index (χ0) is 15.2. The summed E-state index contributed by atoms with van der Waals surface area (Å²) in [6, 6.07) is 12.7. The molecule has 1 unspecified atom stereocenters. The Bertz CT molecular complexity index is 580. The fraction of sp³-hybridized carbons (Fsp3) is 0.389. The predicted molar refractivity (Wildman–Crippen MR) is 90.1 cm³/mol. The second-order valence-corrected chi connectivity index (χ2v) is 5.39. The summed E-state index contributed by atoms with van der Waals surface area (Å²) in [6.07, 6.45) is 3.70. The molecule has 2 N–H and O–H groups in total. The highest BCUT2D eigenvalue weighted by Gasteiger charge is 2.15. The van der Waals surface area contributed by atoms with E-state index >= 15 is 0 Å². The van der Waals surface area contributed by atoms with E-state index in [4.69, 9.17) is 5.73 Å². The molecule has 1 heterocycles. The molecule has 0 aliphatic rings. The van der Waals surface area contributed by atoms with Crippen LogP contribution in [0.15, 0.2) is 42.6 Å². The van der Waals surface area contributed by atoms with Crippen molar-refractivity contribution in [1.29, 1.82) is 0 Å². The van der Waals surface area contributed by atoms with Gasteiger partial charge in [-0.1, -0.05) is 31.2 Å². The van der Waals surface area contributed by atoms with Gasteiger partial charge >= 0.3 is 0 Å². The molecule has 3 heteroatoms. The summed E-state index contributed by atoms with van der Waals surface area (Å²) in [7, 11) is 0. The molecule has 1 atom stereocenters. The van der Waals surface area contributed by atoms with Crippen molar-refractivity contribution in [2.45, 2.75) is 39.7 Å². The van der Waals surface area contributed by atoms with Gasteiger partial charge in [-0.25, -0.2) is 4.98 Å². The number of benzene rings is 1. The fourth-order valence-corrected chi connectivity index (χ4v) is 2.56. The first-order chi connectivity index (χ1) is 10.2. The number of anilines is 2. The minimum absolute atomic E-state index is 0.184. The first-order valence-corrected chi connectivity index (χ1v) is 7.70. The molecule has 0 radical (unpaired) electrons. The third-order valence-electron chi connectivity index (χ3n) is 3.85. The molecule has 112 valence electrons. The number of nitrogens with zero attached hydrogens (tertiary/aromatic N) is 2. The predicted octanol–water partition coefficient (Wildman–Crippen LogP) is 3.83. The van der Waals surface area contributed by atoms with E-state index in [2.05, 4.69) is 61.0 Å². The van der Waals surface area contributed by atoms with Crippen molar-refractivity contribution in [1.82, 2.24) is 4.98 Å². The van der Waals surface area contributed by atoms with Gasteiger partial charge in [0, 0.05) is 24.5 Å². The highest BCUT2D eigenvalue weighted by molar-refractivity contribution is 5.65. The van der Waals surface area contributed by atoms with Gasteiger partial charge in [-0.15, -0.1) is 0 Å². The lowest BCUT2D eigenvalue weighted by Gasteiger charge is -2.26. The Morgan fingerprint density at radius 3 is 2.57 bits per heavy atom. The number of para-hydroxylation sites is 1. The number of pyridine rings is 1. The molecule has 3 nitrogen and oxygen atoms in total. The Balaban J connectivity index is 2.41. The zero-order valence-electron chi connectivity index (χ0n) is 13.2. The zero-order valence-corrected chi connectivity index (χ0v) is 13.2. The lowest BCUT2D eigenvalue weighted by Crippen LogP contribution is -2.25. The van der Waals surface area contributed by atoms with E-state index in [9.17, 15) is 0 Å². The van der Waals surface area contributed by atoms with Crippen LogP contribution in [-0.2, 0) is 6.42 Å². The number of aryl methyl sites for hydroxylation is 1. The van der Waals surface area contributed by atoms with Gasteiger partial charge in [0.1, 0.15) is 5.82 Å². The largest absolute Gasteiger partial charge is 0.327 e. The van der Waals surface area contributed by atoms with Crippen LogP contribution in [0.5, 0.6) is 0 Å². The number of aromatic nitrogens is 1. The monoisotopic (exact) mass is 283 g/mol. The summed E-state index contributed by atoms with van der Waals surface area (Å²) in [6.45, 7) is 7.30. The standard InChI is InChI=1S/C18H25N3/c1-4-16(19)13-15-10-8-12-20-18(15)21(5-2)17-11-7-6-9-14(17)3/h6-12,16H,4-5,13,19H2,1-3H3. The molecule has 0 aliphatic heterocycles. The number of hydrogen-bond acceptors (Lipinski definition) is 3. The summed E-state index contributed by atoms with van der Waals surface area (Å²) in [5.41, 5.74) is 9.83. The van der Waals surface area contributed by atoms with E-state index in [1.807, 2.05) is 12.3 Å². The van der Waals surface area contributed by atoms with Crippen LogP contribution in [0, 0.1) is 6.92 Å². The Hall–Kier alpha value is -1.87. The minimum Gasteiger partial charge on any atom is -0.327 e. The molecular weight excluding hydrogens is 258 g/mol. The van der Waals surface area contributed by atoms with Crippen LogP contribution >= 0.6 is 0 Å². The van der Waals surface area contributed by atoms with Gasteiger partial charge in [-0.05, 0) is 49.9 Å². The van der Waals surface area contributed by atoms with E-state index in [1.165, 1.54) is 16.8 Å². The van der Waals surface area contributed by atoms with Crippen LogP contribution in [0.4, 0.5) is 11.5 Å². The third kappa shape index (κ3) is 3.61. The summed E-state index contributed by atoms with van der Waals surface area (Å²) >= 11 is 0. The SMILES string of the molecule is CCC(N)Cc1cccnc1N(CC)c1ccccc1C. The maximum Gasteiger partial charge on any atom is 0.136 e. The Kier molecular flexibility index (Phi) is 5.34. The molecule has 0 aliphatic carbocycles. The van der Waals surface area contributed by atoms with Gasteiger partial charge in [0.05, 0.1) is 0 Å². The molecule has 2 aromatic rings. The van der Waals surface area contributed by atoms with E-state index < -0.39 is 0 Å². The van der Waals surface area contributed by atoms with Gasteiger partial charge in [0.2, 0.25) is 0 Å². The van der Waals surface area contributed by atoms with Crippen LogP contribution in [0.25, 0.3) is 0 Å². The minimum atomic E-state index is 0.184. The lowest BCUT2D eigenvalue weighted by molar-refractivity contribution is 0.644. The maximum atomic E-state index is 6.14. The summed E-state index contributed by atoms with van der Waals surface area (Å²) in [4.78, 5) is 6.90. The van der Waals surface area contributed by atoms with E-state index in [-0.39, 0.29) is 6.04 Å². The molecule has 0 spiro atoms. The molecular formula is C18H25N3. The summed E-state index contributed by atoms with van der Waals surface area (Å²) in [5.74, 6) is 1.03. The third-order valence-corrected chi connectivity index (χ3v) is 3.85. The topological polar surface area (TPSA) is 42.1 Å². The summed E-state index contributed by atoms with van der Waals surface area (Å²) in [5, 5.41) is 0. The van der Waals surface area contributed by atoms with Crippen molar-refractivity contribution >= 4 is 11.5 Å². The van der Waals surface area contributed by atoms with Crippen molar-refractivity contribution in [2.24, 2.45) is 5.73 Å². The second kappa shape index (κ2) is 7.23. The first kappa shape index (κ1) is 15.5. The van der Waals surface area contributed by atoms with Crippen LogP contribution in [0.2, 0.25) is 0 Å². The molecule has 0 amide bonds. The van der Waals surface area contributed by atoms with Crippen LogP contribution in [-0.4, -0.2) is 17.6 Å². The number of nitrogens with two attached hydrogens (primary N) is 1. The molecule has 0 fully saturated rings. The first-order valence-electron chi connectivity index (χ1n) is 7.70. The highest BCUT2D eigenvalue weighted by atomic mass is 15.2. The van der Waals surface area contributed by atoms with Gasteiger partial charge in [-0.2, -0.15) is 0 Å². The van der Waals surface area contributed by atoms with Gasteiger partial charge < -0.3 is 10.6 Å². The van der Waals surface area contributed by atoms with E-state index in [1.54, 1.807) is 0 Å². The highest BCUT2D eigenvalue weighted by Crippen LogP contribution is 2.29. The van der Waals surface area contributed by atoms with Crippen molar-refractivity contribution in [2.75, 3.05) is 11.4 Å². The molecule has 0 saturated heterocycles. The van der Waals surface area contributed by atoms with Crippen LogP contribution < -0.4 is 10.6 Å². The quantitative estimate of drug-likeness (QED) is 0.876. The van der Waals surface area contributed by atoms with Crippen LogP contribution in [0.3, 0.4) is 0 Å². The molecule has 21 heavy (non-hydrogen) atoms. The second-order valence-electron chi connectivity index (χ2n) is 5.39. The van der Waals surface area contributed by atoms with Gasteiger partial charge in [0.25, 0.3) is 0 Å². The Labute approximate surface area is 127 Å². The maximum absolute atomic E-state index is 6.14. The normalized spacial score (nSPS) is 12.2. The van der Waals surface area contributed by atoms with Crippen molar-refractivity contribution in [3.05, 3.63) is 53.7 Å². The van der Waals surface area contributed by atoms with Gasteiger partial charge in [-0.3, -0.25) is 0 Å². The smallest absolute Gasteiger partial charge is 0.136 e. The van der Waals surface area contributed by atoms with Crippen molar-refractivity contribution in [3.8, 4) is 0 Å². The lowest BCUT2D eigenvalue weighted by atomic mass is 10.0. The summed E-state index contributed by atoms with van der Waals surface area (Å²) < 4.78 is 0. The molecule has 0 bridgehead atoms. The number of hydrogen-bond donors (Lipinski definition) is 1. The van der Waals surface area contributed by atoms with Crippen molar-refractivity contribution < 1.29 is 0 Å². The average Bonchev–Trinajstić information content (AvgIpc) is 2.51. The molecule has 2 rings (SSSR count). The van der Waals surface area contributed by atoms with E-state index in [0.717, 1.165) is 25.2 Å². The Morgan fingerprint density at radius 1 is 1.14 bits per heavy atom. The Morgan fingerprint density at radius 2 is 1.90 bits per heavy atom. The van der Waals surface area contributed by atoms with E-state index in [0.29, 0.717) is 0 Å². The fourth-order valence-electron chi connectivity index (χ4n) is 2.56. The molecule has 1 aromatic carbocycles. The average molecular weight is 283 g/mol. The van der Waals surface area contributed by atoms with Crippen LogP contribution in [0.1, 0.15) is 31.4 Å². The molecule has 1 aromatic heterocycles. The molecule has 0 saturated carbocycles. The number of rotatable bonds is 6.